The van der Waals surface area contributed by atoms with Crippen molar-refractivity contribution in [2.75, 3.05) is 13.4 Å². The first-order valence-corrected chi connectivity index (χ1v) is 9.53. The van der Waals surface area contributed by atoms with Crippen molar-refractivity contribution in [1.82, 2.24) is 10.3 Å². The monoisotopic (exact) mass is 378 g/mol. The fraction of sp³-hybridized carbons (Fsp3) is 0.318. The molecule has 0 aliphatic carbocycles. The van der Waals surface area contributed by atoms with Crippen LogP contribution in [0.3, 0.4) is 0 Å². The largest absolute Gasteiger partial charge is 0.465 e. The zero-order valence-corrected chi connectivity index (χ0v) is 15.9. The number of para-hydroxylation sites is 1. The Labute approximate surface area is 162 Å². The predicted molar refractivity (Wildman–Crippen MR) is 105 cm³/mol. The number of carbonyl (C=O) groups is 1. The number of nitrogens with one attached hydrogen (secondary N) is 2. The van der Waals surface area contributed by atoms with Gasteiger partial charge in [0.05, 0.1) is 12.6 Å². The molecule has 3 heterocycles. The summed E-state index contributed by atoms with van der Waals surface area (Å²) in [5.74, 6) is 1.22. The maximum absolute atomic E-state index is 12.8. The van der Waals surface area contributed by atoms with Crippen molar-refractivity contribution >= 4 is 16.9 Å². The maximum Gasteiger partial charge on any atom is 0.326 e. The lowest BCUT2D eigenvalue weighted by atomic mass is 9.82. The second-order valence-corrected chi connectivity index (χ2v) is 7.48. The molecule has 0 radical (unpaired) electrons. The van der Waals surface area contributed by atoms with Crippen molar-refractivity contribution in [3.63, 3.8) is 0 Å². The third-order valence-electron chi connectivity index (χ3n) is 5.58. The topological polar surface area (TPSA) is 72.6 Å². The van der Waals surface area contributed by atoms with E-state index in [0.29, 0.717) is 13.0 Å². The molecular formula is C22H22N2O4. The van der Waals surface area contributed by atoms with Gasteiger partial charge < -0.3 is 19.2 Å². The highest BCUT2D eigenvalue weighted by atomic mass is 16.7. The van der Waals surface area contributed by atoms with Crippen LogP contribution < -0.4 is 14.8 Å². The van der Waals surface area contributed by atoms with Crippen molar-refractivity contribution < 1.29 is 19.0 Å². The van der Waals surface area contributed by atoms with E-state index in [1.165, 1.54) is 0 Å². The van der Waals surface area contributed by atoms with E-state index in [-0.39, 0.29) is 18.8 Å². The van der Waals surface area contributed by atoms with E-state index in [0.717, 1.165) is 39.2 Å². The second kappa shape index (κ2) is 6.27. The molecule has 2 atom stereocenters. The molecule has 0 saturated carbocycles. The third kappa shape index (κ3) is 2.56. The summed E-state index contributed by atoms with van der Waals surface area (Å²) in [4.78, 5) is 16.4. The highest BCUT2D eigenvalue weighted by molar-refractivity contribution is 5.88. The molecule has 144 valence electrons. The smallest absolute Gasteiger partial charge is 0.326 e. The quantitative estimate of drug-likeness (QED) is 0.683. The number of aromatic nitrogens is 1. The van der Waals surface area contributed by atoms with Crippen LogP contribution in [0.4, 0.5) is 0 Å². The Hall–Kier alpha value is -2.99. The summed E-state index contributed by atoms with van der Waals surface area (Å²) in [6.45, 7) is 4.33. The lowest BCUT2D eigenvalue weighted by Gasteiger charge is -2.38. The minimum absolute atomic E-state index is 0.194. The highest BCUT2D eigenvalue weighted by Gasteiger charge is 2.44. The van der Waals surface area contributed by atoms with Crippen molar-refractivity contribution in [3.8, 4) is 11.5 Å². The number of hydrogen-bond donors (Lipinski definition) is 2. The molecule has 0 unspecified atom stereocenters. The first kappa shape index (κ1) is 17.1. The van der Waals surface area contributed by atoms with Gasteiger partial charge in [-0.15, -0.1) is 0 Å². The van der Waals surface area contributed by atoms with E-state index in [4.69, 9.17) is 14.2 Å². The Balaban J connectivity index is 1.66. The van der Waals surface area contributed by atoms with Gasteiger partial charge in [0.1, 0.15) is 5.54 Å². The van der Waals surface area contributed by atoms with Crippen LogP contribution in [-0.4, -0.2) is 29.9 Å². The lowest BCUT2D eigenvalue weighted by Crippen LogP contribution is -2.56. The minimum atomic E-state index is -0.824. The van der Waals surface area contributed by atoms with E-state index in [1.807, 2.05) is 44.2 Å². The van der Waals surface area contributed by atoms with E-state index >= 15 is 0 Å². The van der Waals surface area contributed by atoms with Gasteiger partial charge in [-0.1, -0.05) is 24.3 Å². The molecule has 28 heavy (non-hydrogen) atoms. The van der Waals surface area contributed by atoms with Crippen molar-refractivity contribution in [1.29, 1.82) is 0 Å². The van der Waals surface area contributed by atoms with Gasteiger partial charge >= 0.3 is 5.97 Å². The molecule has 0 amide bonds. The first-order valence-electron chi connectivity index (χ1n) is 9.53. The molecule has 6 heteroatoms. The average molecular weight is 378 g/mol. The van der Waals surface area contributed by atoms with E-state index < -0.39 is 5.54 Å². The van der Waals surface area contributed by atoms with Crippen LogP contribution in [0.5, 0.6) is 11.5 Å². The van der Waals surface area contributed by atoms with Crippen LogP contribution >= 0.6 is 0 Å². The highest BCUT2D eigenvalue weighted by Crippen LogP contribution is 2.41. The minimum Gasteiger partial charge on any atom is -0.465 e. The number of hydrogen-bond acceptors (Lipinski definition) is 5. The first-order chi connectivity index (χ1) is 13.6. The Bertz CT molecular complexity index is 1070. The summed E-state index contributed by atoms with van der Waals surface area (Å²) in [7, 11) is 0. The molecule has 0 fully saturated rings. The summed E-state index contributed by atoms with van der Waals surface area (Å²) in [6.07, 6.45) is 0.562. The third-order valence-corrected chi connectivity index (χ3v) is 5.58. The predicted octanol–water partition coefficient (Wildman–Crippen LogP) is 3.45. The van der Waals surface area contributed by atoms with E-state index in [2.05, 4.69) is 22.4 Å². The fourth-order valence-corrected chi connectivity index (χ4v) is 4.22. The molecule has 0 saturated heterocycles. The molecule has 1 aromatic heterocycles. The molecule has 3 aromatic rings. The van der Waals surface area contributed by atoms with E-state index in [1.54, 1.807) is 0 Å². The average Bonchev–Trinajstić information content (AvgIpc) is 3.31. The summed E-state index contributed by atoms with van der Waals surface area (Å²) in [6, 6.07) is 13.9. The van der Waals surface area contributed by atoms with Crippen LogP contribution in [0.2, 0.25) is 0 Å². The summed E-state index contributed by atoms with van der Waals surface area (Å²) in [5, 5.41) is 4.68. The molecule has 6 nitrogen and oxygen atoms in total. The van der Waals surface area contributed by atoms with Crippen LogP contribution in [-0.2, 0) is 16.0 Å². The molecule has 5 rings (SSSR count). The molecule has 2 aliphatic heterocycles. The standard InChI is InChI=1S/C22H22N2O4/c1-3-26-21(25)22(2)11-15-14-6-4-5-7-16(14)23-20(15)19(24-22)13-8-9-17-18(10-13)28-12-27-17/h4-10,19,23-24H,3,11-12H2,1-2H3/t19-,22+/m0/s1. The number of fused-ring (bicyclic) bond motifs is 4. The zero-order chi connectivity index (χ0) is 19.3. The van der Waals surface area contributed by atoms with Crippen molar-refractivity contribution in [2.24, 2.45) is 0 Å². The number of benzene rings is 2. The Morgan fingerprint density at radius 2 is 2.04 bits per heavy atom. The zero-order valence-electron chi connectivity index (χ0n) is 15.9. The summed E-state index contributed by atoms with van der Waals surface area (Å²) >= 11 is 0. The summed E-state index contributed by atoms with van der Waals surface area (Å²) in [5.41, 5.74) is 3.46. The SMILES string of the molecule is CCOC(=O)[C@@]1(C)Cc2c([nH]c3ccccc23)[C@H](c2ccc3c(c2)OCO3)N1. The molecular weight excluding hydrogens is 356 g/mol. The van der Waals surface area contributed by atoms with Gasteiger partial charge in [-0.2, -0.15) is 0 Å². The van der Waals surface area contributed by atoms with Gasteiger partial charge in [-0.05, 0) is 43.2 Å². The molecule has 0 bridgehead atoms. The fourth-order valence-electron chi connectivity index (χ4n) is 4.22. The van der Waals surface area contributed by atoms with Gasteiger partial charge in [-0.25, -0.2) is 0 Å². The summed E-state index contributed by atoms with van der Waals surface area (Å²) < 4.78 is 16.4. The molecule has 2 aliphatic rings. The normalized spacial score (nSPS) is 22.9. The Morgan fingerprint density at radius 3 is 2.89 bits per heavy atom. The second-order valence-electron chi connectivity index (χ2n) is 7.48. The van der Waals surface area contributed by atoms with Gasteiger partial charge in [0, 0.05) is 23.0 Å². The molecule has 2 aromatic carbocycles. The number of esters is 1. The van der Waals surface area contributed by atoms with Crippen molar-refractivity contribution in [3.05, 3.63) is 59.3 Å². The lowest BCUT2D eigenvalue weighted by molar-refractivity contribution is -0.151. The molecule has 0 spiro atoms. The van der Waals surface area contributed by atoms with Crippen LogP contribution in [0.1, 0.15) is 36.7 Å². The van der Waals surface area contributed by atoms with E-state index in [9.17, 15) is 4.79 Å². The van der Waals surface area contributed by atoms with Crippen molar-refractivity contribution in [2.45, 2.75) is 31.8 Å². The number of rotatable bonds is 3. The van der Waals surface area contributed by atoms with Crippen LogP contribution in [0.15, 0.2) is 42.5 Å². The van der Waals surface area contributed by atoms with Crippen LogP contribution in [0.25, 0.3) is 10.9 Å². The Morgan fingerprint density at radius 1 is 1.21 bits per heavy atom. The van der Waals surface area contributed by atoms with Crippen LogP contribution in [0, 0.1) is 0 Å². The number of ether oxygens (including phenoxy) is 3. The van der Waals surface area contributed by atoms with Gasteiger partial charge in [0.25, 0.3) is 0 Å². The number of carbonyl (C=O) groups excluding carboxylic acids is 1. The van der Waals surface area contributed by atoms with Gasteiger partial charge in [-0.3, -0.25) is 10.1 Å². The maximum atomic E-state index is 12.8. The number of aromatic amines is 1. The van der Waals surface area contributed by atoms with Gasteiger partial charge in [0.15, 0.2) is 11.5 Å². The van der Waals surface area contributed by atoms with Gasteiger partial charge in [0.2, 0.25) is 6.79 Å². The number of H-pyrrole nitrogens is 1. The Kier molecular flexibility index (Phi) is 3.84. The molecule has 2 N–H and O–H groups in total.